The standard InChI is InChI=1S/C21H29N5O.HI/c1-2-23-21(24-16-20(27)17-8-12-22-13-9-17)25-18-10-14-26(15-11-18)19-6-4-3-5-7-19;/h3-9,12-13,18,20,27H,2,10-11,14-16H2,1H3,(H2,23,24,25);1H. The molecule has 0 bridgehead atoms. The maximum absolute atomic E-state index is 10.3. The highest BCUT2D eigenvalue weighted by Crippen LogP contribution is 2.19. The summed E-state index contributed by atoms with van der Waals surface area (Å²) in [5.41, 5.74) is 2.12. The molecule has 7 heteroatoms. The van der Waals surface area contributed by atoms with Crippen molar-refractivity contribution in [1.29, 1.82) is 0 Å². The van der Waals surface area contributed by atoms with Gasteiger partial charge in [-0.25, -0.2) is 0 Å². The Bertz CT molecular complexity index is 705. The third kappa shape index (κ3) is 6.63. The molecule has 1 aromatic carbocycles. The van der Waals surface area contributed by atoms with Crippen LogP contribution in [0.4, 0.5) is 5.69 Å². The number of guanidine groups is 1. The topological polar surface area (TPSA) is 72.8 Å². The number of halogens is 1. The number of hydrogen-bond donors (Lipinski definition) is 3. The van der Waals surface area contributed by atoms with Crippen molar-refractivity contribution in [3.8, 4) is 0 Å². The second-order valence-corrected chi connectivity index (χ2v) is 6.76. The number of aliphatic hydroxyl groups excluding tert-OH is 1. The van der Waals surface area contributed by atoms with E-state index in [-0.39, 0.29) is 24.0 Å². The Kier molecular flexibility index (Phi) is 9.49. The molecule has 1 saturated heterocycles. The van der Waals surface area contributed by atoms with Crippen molar-refractivity contribution in [3.05, 3.63) is 60.4 Å². The van der Waals surface area contributed by atoms with Crippen LogP contribution in [0.2, 0.25) is 0 Å². The normalized spacial score (nSPS) is 16.2. The Balaban J connectivity index is 0.00000280. The van der Waals surface area contributed by atoms with Crippen LogP contribution in [0, 0.1) is 0 Å². The Morgan fingerprint density at radius 2 is 1.86 bits per heavy atom. The summed E-state index contributed by atoms with van der Waals surface area (Å²) >= 11 is 0. The van der Waals surface area contributed by atoms with Gasteiger partial charge in [0.1, 0.15) is 0 Å². The van der Waals surface area contributed by atoms with Gasteiger partial charge in [-0.05, 0) is 49.6 Å². The molecule has 0 spiro atoms. The van der Waals surface area contributed by atoms with Crippen molar-refractivity contribution >= 4 is 35.6 Å². The zero-order valence-electron chi connectivity index (χ0n) is 16.3. The number of aliphatic hydroxyl groups is 1. The molecule has 1 aliphatic rings. The van der Waals surface area contributed by atoms with Gasteiger partial charge in [-0.1, -0.05) is 18.2 Å². The van der Waals surface area contributed by atoms with Gasteiger partial charge >= 0.3 is 0 Å². The zero-order valence-corrected chi connectivity index (χ0v) is 18.6. The molecule has 0 aliphatic carbocycles. The van der Waals surface area contributed by atoms with E-state index in [0.717, 1.165) is 44.0 Å². The summed E-state index contributed by atoms with van der Waals surface area (Å²) in [6.07, 6.45) is 4.88. The van der Waals surface area contributed by atoms with Crippen molar-refractivity contribution in [2.45, 2.75) is 31.9 Å². The lowest BCUT2D eigenvalue weighted by molar-refractivity contribution is 0.187. The molecule has 1 aliphatic heterocycles. The van der Waals surface area contributed by atoms with Crippen LogP contribution >= 0.6 is 24.0 Å². The molecule has 3 rings (SSSR count). The number of hydrogen-bond acceptors (Lipinski definition) is 4. The van der Waals surface area contributed by atoms with Gasteiger partial charge in [-0.15, -0.1) is 24.0 Å². The van der Waals surface area contributed by atoms with Crippen LogP contribution in [0.3, 0.4) is 0 Å². The van der Waals surface area contributed by atoms with Crippen LogP contribution < -0.4 is 15.5 Å². The summed E-state index contributed by atoms with van der Waals surface area (Å²) < 4.78 is 0. The van der Waals surface area contributed by atoms with E-state index in [0.29, 0.717) is 12.6 Å². The summed E-state index contributed by atoms with van der Waals surface area (Å²) in [6, 6.07) is 14.6. The van der Waals surface area contributed by atoms with Crippen molar-refractivity contribution in [2.24, 2.45) is 4.99 Å². The minimum absolute atomic E-state index is 0. The Hall–Kier alpha value is -1.87. The van der Waals surface area contributed by atoms with Gasteiger partial charge in [-0.3, -0.25) is 9.98 Å². The monoisotopic (exact) mass is 495 g/mol. The number of aliphatic imine (C=N–C) groups is 1. The first-order valence-corrected chi connectivity index (χ1v) is 9.69. The van der Waals surface area contributed by atoms with Crippen molar-refractivity contribution in [2.75, 3.05) is 31.1 Å². The smallest absolute Gasteiger partial charge is 0.191 e. The third-order valence-corrected chi connectivity index (χ3v) is 4.81. The van der Waals surface area contributed by atoms with E-state index in [1.807, 2.05) is 12.1 Å². The second kappa shape index (κ2) is 11.9. The number of rotatable bonds is 6. The molecule has 1 unspecified atom stereocenters. The minimum Gasteiger partial charge on any atom is -0.386 e. The maximum atomic E-state index is 10.3. The Labute approximate surface area is 184 Å². The Morgan fingerprint density at radius 1 is 1.18 bits per heavy atom. The van der Waals surface area contributed by atoms with Gasteiger partial charge in [0.25, 0.3) is 0 Å². The summed E-state index contributed by atoms with van der Waals surface area (Å²) in [6.45, 7) is 5.22. The van der Waals surface area contributed by atoms with Crippen molar-refractivity contribution < 1.29 is 5.11 Å². The molecule has 2 aromatic rings. The first kappa shape index (κ1) is 22.4. The highest BCUT2D eigenvalue weighted by Gasteiger charge is 2.20. The fourth-order valence-corrected chi connectivity index (χ4v) is 3.30. The predicted octanol–water partition coefficient (Wildman–Crippen LogP) is 2.96. The minimum atomic E-state index is -0.622. The first-order chi connectivity index (χ1) is 13.3. The van der Waals surface area contributed by atoms with Crippen LogP contribution in [-0.2, 0) is 0 Å². The fourth-order valence-electron chi connectivity index (χ4n) is 3.30. The van der Waals surface area contributed by atoms with E-state index < -0.39 is 6.10 Å². The average Bonchev–Trinajstić information content (AvgIpc) is 2.74. The molecule has 28 heavy (non-hydrogen) atoms. The average molecular weight is 495 g/mol. The van der Waals surface area contributed by atoms with Crippen LogP contribution in [0.15, 0.2) is 59.9 Å². The molecule has 152 valence electrons. The van der Waals surface area contributed by atoms with E-state index in [1.165, 1.54) is 5.69 Å². The summed E-state index contributed by atoms with van der Waals surface area (Å²) in [4.78, 5) is 11.0. The molecule has 2 heterocycles. The number of aromatic nitrogens is 1. The van der Waals surface area contributed by atoms with Crippen LogP contribution in [0.1, 0.15) is 31.4 Å². The highest BCUT2D eigenvalue weighted by molar-refractivity contribution is 14.0. The van der Waals surface area contributed by atoms with Crippen molar-refractivity contribution in [3.63, 3.8) is 0 Å². The number of anilines is 1. The molecule has 1 atom stereocenters. The van der Waals surface area contributed by atoms with Gasteiger partial charge in [0.05, 0.1) is 12.6 Å². The molecule has 1 aromatic heterocycles. The molecule has 0 saturated carbocycles. The summed E-state index contributed by atoms with van der Waals surface area (Å²) in [7, 11) is 0. The highest BCUT2D eigenvalue weighted by atomic mass is 127. The maximum Gasteiger partial charge on any atom is 0.191 e. The predicted molar refractivity (Wildman–Crippen MR) is 125 cm³/mol. The number of pyridine rings is 1. The third-order valence-electron chi connectivity index (χ3n) is 4.81. The molecule has 0 amide bonds. The quantitative estimate of drug-likeness (QED) is 0.327. The van der Waals surface area contributed by atoms with E-state index in [2.05, 4.69) is 62.8 Å². The number of piperidine rings is 1. The molecule has 3 N–H and O–H groups in total. The Morgan fingerprint density at radius 3 is 2.50 bits per heavy atom. The van der Waals surface area contributed by atoms with Gasteiger partial charge < -0.3 is 20.6 Å². The van der Waals surface area contributed by atoms with Crippen molar-refractivity contribution in [1.82, 2.24) is 15.6 Å². The van der Waals surface area contributed by atoms with Crippen LogP contribution in [0.25, 0.3) is 0 Å². The van der Waals surface area contributed by atoms with Gasteiger partial charge in [0.2, 0.25) is 0 Å². The largest absolute Gasteiger partial charge is 0.386 e. The lowest BCUT2D eigenvalue weighted by Gasteiger charge is -2.34. The van der Waals surface area contributed by atoms with Crippen LogP contribution in [0.5, 0.6) is 0 Å². The SMILES string of the molecule is CCNC(=NCC(O)c1ccncc1)NC1CCN(c2ccccc2)CC1.I. The van der Waals surface area contributed by atoms with Gasteiger partial charge in [-0.2, -0.15) is 0 Å². The number of para-hydroxylation sites is 1. The lowest BCUT2D eigenvalue weighted by Crippen LogP contribution is -2.48. The summed E-state index contributed by atoms with van der Waals surface area (Å²) in [5.74, 6) is 0.767. The molecular formula is C21H30IN5O. The van der Waals surface area contributed by atoms with Gasteiger partial charge in [0, 0.05) is 43.8 Å². The van der Waals surface area contributed by atoms with E-state index in [1.54, 1.807) is 12.4 Å². The van der Waals surface area contributed by atoms with E-state index >= 15 is 0 Å². The van der Waals surface area contributed by atoms with E-state index in [9.17, 15) is 5.11 Å². The van der Waals surface area contributed by atoms with Crippen LogP contribution in [-0.4, -0.2) is 48.3 Å². The zero-order chi connectivity index (χ0) is 18.9. The molecular weight excluding hydrogens is 465 g/mol. The lowest BCUT2D eigenvalue weighted by atomic mass is 10.0. The second-order valence-electron chi connectivity index (χ2n) is 6.76. The first-order valence-electron chi connectivity index (χ1n) is 9.69. The number of benzene rings is 1. The van der Waals surface area contributed by atoms with Gasteiger partial charge in [0.15, 0.2) is 5.96 Å². The summed E-state index contributed by atoms with van der Waals surface area (Å²) in [5, 5.41) is 17.1. The van der Waals surface area contributed by atoms with E-state index in [4.69, 9.17) is 0 Å². The fraction of sp³-hybridized carbons (Fsp3) is 0.429. The molecule has 6 nitrogen and oxygen atoms in total. The number of nitrogens with zero attached hydrogens (tertiary/aromatic N) is 3. The molecule has 0 radical (unpaired) electrons. The molecule has 1 fully saturated rings. The number of nitrogens with one attached hydrogen (secondary N) is 2.